The molecule has 2 atom stereocenters. The molecule has 16 heteroatoms. The van der Waals surface area contributed by atoms with E-state index in [1.54, 1.807) is 0 Å². The van der Waals surface area contributed by atoms with Gasteiger partial charge in [0, 0.05) is 20.0 Å². The second kappa shape index (κ2) is 13.6. The molecule has 2 unspecified atom stereocenters. The maximum atomic E-state index is 13.0. The molecule has 3 N–H and O–H groups in total. The number of alkyl halides is 6. The van der Waals surface area contributed by atoms with Crippen molar-refractivity contribution >= 4 is 28.5 Å². The largest absolute Gasteiger partial charge is 0.404 e. The van der Waals surface area contributed by atoms with Crippen LogP contribution in [-0.4, -0.2) is 81.9 Å². The first-order chi connectivity index (χ1) is 19.9. The molecule has 2 heterocycles. The maximum absolute atomic E-state index is 13.0. The Hall–Kier alpha value is -3.24. The molecule has 2 aromatic carbocycles. The van der Waals surface area contributed by atoms with Gasteiger partial charge in [0.1, 0.15) is 11.4 Å². The van der Waals surface area contributed by atoms with Crippen molar-refractivity contribution < 1.29 is 54.7 Å². The number of likely N-dealkylation sites (tertiary alicyclic amines) is 1. The van der Waals surface area contributed by atoms with Crippen LogP contribution in [-0.2, 0) is 27.0 Å². The van der Waals surface area contributed by atoms with Crippen molar-refractivity contribution in [3.05, 3.63) is 59.4 Å². The molecule has 43 heavy (non-hydrogen) atoms. The topological polar surface area (TPSA) is 110 Å². The Morgan fingerprint density at radius 2 is 1.67 bits per heavy atom. The highest BCUT2D eigenvalue weighted by Crippen LogP contribution is 2.47. The van der Waals surface area contributed by atoms with Gasteiger partial charge in [0.2, 0.25) is 11.8 Å². The Balaban J connectivity index is 0.000000285. The first kappa shape index (κ1) is 34.3. The molecule has 2 aromatic rings. The molecule has 2 amide bonds. The molecule has 1 fully saturated rings. The van der Waals surface area contributed by atoms with Crippen molar-refractivity contribution in [1.82, 2.24) is 10.2 Å². The number of benzene rings is 2. The molecule has 0 spiro atoms. The fraction of sp³-hybridized carbons (Fsp3) is 0.481. The molecule has 2 aliphatic heterocycles. The fourth-order valence-corrected chi connectivity index (χ4v) is 5.96. The fourth-order valence-electron chi connectivity index (χ4n) is 4.69. The number of fused-ring (bicyclic) bond motifs is 1. The van der Waals surface area contributed by atoms with Gasteiger partial charge in [0.25, 0.3) is 0 Å². The van der Waals surface area contributed by atoms with Crippen LogP contribution in [0.3, 0.4) is 0 Å². The number of aliphatic hydroxyl groups excluding tert-OH is 1. The van der Waals surface area contributed by atoms with E-state index in [2.05, 4.69) is 5.32 Å². The molecule has 4 rings (SSSR count). The van der Waals surface area contributed by atoms with Crippen LogP contribution in [0.25, 0.3) is 0 Å². The predicted octanol–water partition coefficient (Wildman–Crippen LogP) is 3.59. The third kappa shape index (κ3) is 8.89. The Morgan fingerprint density at radius 3 is 2.21 bits per heavy atom. The van der Waals surface area contributed by atoms with Crippen LogP contribution in [0, 0.1) is 5.82 Å². The minimum Gasteiger partial charge on any atom is -0.393 e. The number of amides is 2. The average Bonchev–Trinajstić information content (AvgIpc) is 3.33. The van der Waals surface area contributed by atoms with Gasteiger partial charge in [0.15, 0.2) is 16.9 Å². The molecule has 0 bridgehead atoms. The van der Waals surface area contributed by atoms with E-state index in [1.807, 2.05) is 0 Å². The van der Waals surface area contributed by atoms with E-state index in [-0.39, 0.29) is 48.4 Å². The quantitative estimate of drug-likeness (QED) is 0.418. The summed E-state index contributed by atoms with van der Waals surface area (Å²) in [5.41, 5.74) is -1.50. The van der Waals surface area contributed by atoms with Crippen molar-refractivity contribution in [3.8, 4) is 0 Å². The van der Waals surface area contributed by atoms with Gasteiger partial charge in [-0.2, -0.15) is 26.3 Å². The minimum atomic E-state index is -5.47. The van der Waals surface area contributed by atoms with Gasteiger partial charge in [0.05, 0.1) is 30.3 Å². The summed E-state index contributed by atoms with van der Waals surface area (Å²) in [5.74, 6) is -4.60. The summed E-state index contributed by atoms with van der Waals surface area (Å²) in [6.45, 7) is 1.77. The zero-order valence-electron chi connectivity index (χ0n) is 22.8. The van der Waals surface area contributed by atoms with Gasteiger partial charge in [-0.1, -0.05) is 12.1 Å². The van der Waals surface area contributed by atoms with Crippen LogP contribution in [0.1, 0.15) is 36.8 Å². The lowest BCUT2D eigenvalue weighted by Gasteiger charge is -2.31. The summed E-state index contributed by atoms with van der Waals surface area (Å²) < 4.78 is 105. The molecule has 0 aromatic heterocycles. The zero-order chi connectivity index (χ0) is 32.2. The molecular weight excluding hydrogens is 611 g/mol. The van der Waals surface area contributed by atoms with E-state index >= 15 is 0 Å². The highest BCUT2D eigenvalue weighted by Gasteiger charge is 2.57. The Morgan fingerprint density at radius 1 is 1.05 bits per heavy atom. The first-order valence-electron chi connectivity index (χ1n) is 13.0. The number of hydrogen-bond donors (Lipinski definition) is 3. The molecule has 0 radical (unpaired) electrons. The minimum absolute atomic E-state index is 0.0587. The molecule has 0 aliphatic carbocycles. The number of nitrogens with one attached hydrogen (secondary N) is 1. The number of carbonyl (C=O) groups excluding carboxylic acids is 2. The number of halogens is 7. The summed E-state index contributed by atoms with van der Waals surface area (Å²) in [6.07, 6.45) is -9.90. The van der Waals surface area contributed by atoms with E-state index in [1.165, 1.54) is 28.3 Å². The number of anilines is 1. The van der Waals surface area contributed by atoms with Crippen molar-refractivity contribution in [2.75, 3.05) is 37.1 Å². The second-order valence-corrected chi connectivity index (χ2v) is 11.6. The normalized spacial score (nSPS) is 19.4. The van der Waals surface area contributed by atoms with Gasteiger partial charge in [-0.15, -0.1) is 0 Å². The number of aliphatic hydroxyl groups is 2. The van der Waals surface area contributed by atoms with E-state index in [4.69, 9.17) is 5.11 Å². The maximum Gasteiger partial charge on any atom is 0.404 e. The number of hydrogen-bond acceptors (Lipinski definition) is 5. The summed E-state index contributed by atoms with van der Waals surface area (Å²) in [5, 5.41) is 20.9. The number of β-amino-alcohol motifs (C(OH)–C–C–N with tert-alkyl or cyclic N) is 1. The molecule has 2 aliphatic rings. The molecule has 1 saturated heterocycles. The van der Waals surface area contributed by atoms with Crippen LogP contribution in [0.2, 0.25) is 0 Å². The standard InChI is InChI=1S/C18H14F7NOS.C9H16N2O4/c19-13-4-6-14(7-5-13)28(27)26-9-1-2-11-10-12(3-8-15(11)26)16(17(20,21)22)18(23,24)25;1-7(13)10-4-8(14)11-3-2-9(15,5-11)6-12/h3-8,10,16H,1-2,9H2;12,15H,2-6H2,1H3,(H,10,13). The van der Waals surface area contributed by atoms with Gasteiger partial charge >= 0.3 is 12.4 Å². The third-order valence-corrected chi connectivity index (χ3v) is 8.31. The van der Waals surface area contributed by atoms with E-state index in [0.29, 0.717) is 31.6 Å². The number of carbonyl (C=O) groups is 2. The van der Waals surface area contributed by atoms with Gasteiger partial charge in [-0.25, -0.2) is 8.60 Å². The number of nitrogens with zero attached hydrogens (tertiary/aromatic N) is 2. The third-order valence-electron chi connectivity index (χ3n) is 6.85. The van der Waals surface area contributed by atoms with Crippen LogP contribution >= 0.6 is 0 Å². The molecule has 238 valence electrons. The van der Waals surface area contributed by atoms with Crippen molar-refractivity contribution in [3.63, 3.8) is 0 Å². The molecule has 8 nitrogen and oxygen atoms in total. The lowest BCUT2D eigenvalue weighted by molar-refractivity contribution is -0.253. The number of aryl methyl sites for hydroxylation is 1. The van der Waals surface area contributed by atoms with Crippen molar-refractivity contribution in [1.29, 1.82) is 0 Å². The van der Waals surface area contributed by atoms with Gasteiger partial charge in [-0.05, 0) is 60.7 Å². The van der Waals surface area contributed by atoms with Crippen LogP contribution in [0.15, 0.2) is 47.4 Å². The smallest absolute Gasteiger partial charge is 0.393 e. The Bertz CT molecular complexity index is 1310. The highest BCUT2D eigenvalue weighted by molar-refractivity contribution is 7.86. The first-order valence-corrected chi connectivity index (χ1v) is 14.1. The van der Waals surface area contributed by atoms with Crippen molar-refractivity contribution in [2.24, 2.45) is 0 Å². The number of rotatable bonds is 6. The second-order valence-electron chi connectivity index (χ2n) is 10.2. The van der Waals surface area contributed by atoms with E-state index in [9.17, 15) is 49.6 Å². The summed E-state index contributed by atoms with van der Waals surface area (Å²) in [6, 6.07) is 7.67. The average molecular weight is 642 g/mol. The predicted molar refractivity (Wildman–Crippen MR) is 142 cm³/mol. The Kier molecular flexibility index (Phi) is 10.8. The van der Waals surface area contributed by atoms with E-state index < -0.39 is 46.2 Å². The lowest BCUT2D eigenvalue weighted by atomic mass is 9.93. The monoisotopic (exact) mass is 641 g/mol. The Labute approximate surface area is 245 Å². The van der Waals surface area contributed by atoms with Gasteiger partial charge in [-0.3, -0.25) is 13.9 Å². The summed E-state index contributed by atoms with van der Waals surface area (Å²) in [7, 11) is -1.77. The van der Waals surface area contributed by atoms with Crippen molar-refractivity contribution in [2.45, 2.75) is 55.0 Å². The zero-order valence-corrected chi connectivity index (χ0v) is 23.7. The highest BCUT2D eigenvalue weighted by atomic mass is 32.2. The summed E-state index contributed by atoms with van der Waals surface area (Å²) in [4.78, 5) is 23.8. The van der Waals surface area contributed by atoms with Crippen LogP contribution in [0.4, 0.5) is 36.4 Å². The van der Waals surface area contributed by atoms with Gasteiger partial charge < -0.3 is 20.4 Å². The summed E-state index contributed by atoms with van der Waals surface area (Å²) >= 11 is 0. The molecular formula is C27H30F7N3O5S. The lowest BCUT2D eigenvalue weighted by Crippen LogP contribution is -2.42. The SMILES string of the molecule is CC(=O)NCC(=O)N1CCC(O)(CO)C1.O=S(c1ccc(F)cc1)N1CCCc2cc(C(C(F)(F)F)C(F)(F)F)ccc21. The molecule has 0 saturated carbocycles. The van der Waals surface area contributed by atoms with Crippen LogP contribution < -0.4 is 9.62 Å². The van der Waals surface area contributed by atoms with Crippen LogP contribution in [0.5, 0.6) is 0 Å². The van der Waals surface area contributed by atoms with E-state index in [0.717, 1.165) is 30.3 Å².